The number of nitrogen functional groups attached to an aromatic ring is 1. The smallest absolute Gasteiger partial charge is 0.354 e. The van der Waals surface area contributed by atoms with E-state index >= 15 is 0 Å². The van der Waals surface area contributed by atoms with Crippen molar-refractivity contribution in [2.75, 3.05) is 12.3 Å². The van der Waals surface area contributed by atoms with Crippen LogP contribution in [0.5, 0.6) is 5.75 Å². The van der Waals surface area contributed by atoms with Crippen LogP contribution in [0, 0.1) is 0 Å². The standard InChI is InChI=1S/C12H10N2O5/c13-7-3-1-2-6-9(19-5-10(15)16)4-8(12(17)18)14-11(6)7/h1-4H,5,13H2,(H,15,16)(H,17,18). The van der Waals surface area contributed by atoms with Crippen molar-refractivity contribution in [1.29, 1.82) is 0 Å². The number of pyridine rings is 1. The van der Waals surface area contributed by atoms with Gasteiger partial charge in [0, 0.05) is 11.5 Å². The highest BCUT2D eigenvalue weighted by Gasteiger charge is 2.14. The molecule has 0 saturated heterocycles. The van der Waals surface area contributed by atoms with Gasteiger partial charge in [0.25, 0.3) is 0 Å². The fourth-order valence-electron chi connectivity index (χ4n) is 1.61. The molecule has 98 valence electrons. The van der Waals surface area contributed by atoms with E-state index in [0.29, 0.717) is 11.1 Å². The molecule has 1 heterocycles. The molecule has 0 atom stereocenters. The number of para-hydroxylation sites is 1. The lowest BCUT2D eigenvalue weighted by atomic mass is 10.1. The number of ether oxygens (including phenoxy) is 1. The van der Waals surface area contributed by atoms with Crippen LogP contribution in [0.25, 0.3) is 10.9 Å². The Bertz CT molecular complexity index is 668. The molecule has 1 aromatic carbocycles. The molecule has 0 aliphatic rings. The van der Waals surface area contributed by atoms with Crippen LogP contribution >= 0.6 is 0 Å². The third-order valence-electron chi connectivity index (χ3n) is 2.40. The number of aromatic nitrogens is 1. The third kappa shape index (κ3) is 2.54. The molecule has 0 aliphatic heterocycles. The summed E-state index contributed by atoms with van der Waals surface area (Å²) in [6.07, 6.45) is 0. The average Bonchev–Trinajstić information content (AvgIpc) is 2.36. The van der Waals surface area contributed by atoms with Gasteiger partial charge in [0.05, 0.1) is 11.2 Å². The Labute approximate surface area is 107 Å². The number of nitrogens with two attached hydrogens (primary N) is 1. The summed E-state index contributed by atoms with van der Waals surface area (Å²) in [5.74, 6) is -2.28. The number of nitrogens with zero attached hydrogens (tertiary/aromatic N) is 1. The predicted octanol–water partition coefficient (Wildman–Crippen LogP) is 0.979. The Morgan fingerprint density at radius 2 is 2.05 bits per heavy atom. The molecule has 0 fully saturated rings. The maximum Gasteiger partial charge on any atom is 0.354 e. The predicted molar refractivity (Wildman–Crippen MR) is 66.2 cm³/mol. The molecule has 2 rings (SSSR count). The van der Waals surface area contributed by atoms with E-state index in [1.54, 1.807) is 18.2 Å². The lowest BCUT2D eigenvalue weighted by Crippen LogP contribution is -2.11. The SMILES string of the molecule is Nc1cccc2c(OCC(=O)O)cc(C(=O)O)nc12. The highest BCUT2D eigenvalue weighted by atomic mass is 16.5. The van der Waals surface area contributed by atoms with Crippen molar-refractivity contribution in [3.05, 3.63) is 30.0 Å². The molecule has 4 N–H and O–H groups in total. The zero-order chi connectivity index (χ0) is 14.0. The highest BCUT2D eigenvalue weighted by molar-refractivity contribution is 5.98. The maximum atomic E-state index is 11.0. The largest absolute Gasteiger partial charge is 0.481 e. The van der Waals surface area contributed by atoms with Crippen LogP contribution in [0.1, 0.15) is 10.5 Å². The normalized spacial score (nSPS) is 10.3. The highest BCUT2D eigenvalue weighted by Crippen LogP contribution is 2.29. The molecule has 0 radical (unpaired) electrons. The van der Waals surface area contributed by atoms with Gasteiger partial charge in [-0.3, -0.25) is 0 Å². The third-order valence-corrected chi connectivity index (χ3v) is 2.40. The summed E-state index contributed by atoms with van der Waals surface area (Å²) in [5, 5.41) is 18.0. The van der Waals surface area contributed by atoms with Crippen LogP contribution in [0.2, 0.25) is 0 Å². The van der Waals surface area contributed by atoms with Crippen molar-refractivity contribution in [1.82, 2.24) is 4.98 Å². The average molecular weight is 262 g/mol. The number of benzene rings is 1. The summed E-state index contributed by atoms with van der Waals surface area (Å²) in [7, 11) is 0. The summed E-state index contributed by atoms with van der Waals surface area (Å²) >= 11 is 0. The molecule has 0 unspecified atom stereocenters. The number of hydrogen-bond acceptors (Lipinski definition) is 5. The van der Waals surface area contributed by atoms with Gasteiger partial charge in [0.15, 0.2) is 12.3 Å². The Balaban J connectivity index is 2.61. The Morgan fingerprint density at radius 1 is 1.32 bits per heavy atom. The van der Waals surface area contributed by atoms with E-state index in [1.807, 2.05) is 0 Å². The topological polar surface area (TPSA) is 123 Å². The van der Waals surface area contributed by atoms with Crippen molar-refractivity contribution in [3.63, 3.8) is 0 Å². The second kappa shape index (κ2) is 4.81. The van der Waals surface area contributed by atoms with Crippen molar-refractivity contribution < 1.29 is 24.5 Å². The van der Waals surface area contributed by atoms with E-state index in [1.165, 1.54) is 6.07 Å². The number of aliphatic carboxylic acids is 1. The van der Waals surface area contributed by atoms with Gasteiger partial charge < -0.3 is 20.7 Å². The first-order valence-corrected chi connectivity index (χ1v) is 5.26. The van der Waals surface area contributed by atoms with E-state index in [4.69, 9.17) is 20.7 Å². The van der Waals surface area contributed by atoms with Crippen molar-refractivity contribution in [3.8, 4) is 5.75 Å². The molecular weight excluding hydrogens is 252 g/mol. The molecular formula is C12H10N2O5. The number of hydrogen-bond donors (Lipinski definition) is 3. The first-order valence-electron chi connectivity index (χ1n) is 5.26. The van der Waals surface area contributed by atoms with Gasteiger partial charge in [-0.2, -0.15) is 0 Å². The van der Waals surface area contributed by atoms with Gasteiger partial charge in [0.1, 0.15) is 5.75 Å². The Morgan fingerprint density at radius 3 is 2.68 bits per heavy atom. The molecule has 0 bridgehead atoms. The van der Waals surface area contributed by atoms with E-state index in [0.717, 1.165) is 0 Å². The summed E-state index contributed by atoms with van der Waals surface area (Å²) < 4.78 is 5.07. The van der Waals surface area contributed by atoms with Crippen LogP contribution in [-0.2, 0) is 4.79 Å². The minimum atomic E-state index is -1.25. The zero-order valence-corrected chi connectivity index (χ0v) is 9.66. The first-order chi connectivity index (χ1) is 8.99. The Kier molecular flexibility index (Phi) is 3.19. The molecule has 0 spiro atoms. The van der Waals surface area contributed by atoms with Gasteiger partial charge in [-0.25, -0.2) is 14.6 Å². The van der Waals surface area contributed by atoms with E-state index in [-0.39, 0.29) is 17.0 Å². The molecule has 7 nitrogen and oxygen atoms in total. The molecule has 2 aromatic rings. The Hall–Kier alpha value is -2.83. The number of carboxylic acids is 2. The second-order valence-corrected chi connectivity index (χ2v) is 3.74. The van der Waals surface area contributed by atoms with Crippen molar-refractivity contribution in [2.24, 2.45) is 0 Å². The zero-order valence-electron chi connectivity index (χ0n) is 9.66. The summed E-state index contributed by atoms with van der Waals surface area (Å²) in [6.45, 7) is -0.576. The number of carboxylic acid groups (broad SMARTS) is 2. The number of aromatic carboxylic acids is 1. The van der Waals surface area contributed by atoms with Gasteiger partial charge in [-0.15, -0.1) is 0 Å². The van der Waals surface area contributed by atoms with Gasteiger partial charge in [-0.1, -0.05) is 6.07 Å². The summed E-state index contributed by atoms with van der Waals surface area (Å²) in [5.41, 5.74) is 6.02. The fourth-order valence-corrected chi connectivity index (χ4v) is 1.61. The molecule has 1 aromatic heterocycles. The first kappa shape index (κ1) is 12.6. The minimum Gasteiger partial charge on any atom is -0.481 e. The second-order valence-electron chi connectivity index (χ2n) is 3.74. The number of carbonyl (C=O) groups is 2. The molecule has 7 heteroatoms. The van der Waals surface area contributed by atoms with Gasteiger partial charge in [0.2, 0.25) is 0 Å². The lowest BCUT2D eigenvalue weighted by molar-refractivity contribution is -0.139. The summed E-state index contributed by atoms with van der Waals surface area (Å²) in [6, 6.07) is 6.02. The maximum absolute atomic E-state index is 11.0. The van der Waals surface area contributed by atoms with Crippen LogP contribution in [-0.4, -0.2) is 33.7 Å². The molecule has 0 saturated carbocycles. The molecule has 0 amide bonds. The fraction of sp³-hybridized carbons (Fsp3) is 0.0833. The number of anilines is 1. The van der Waals surface area contributed by atoms with Crippen LogP contribution in [0.15, 0.2) is 24.3 Å². The monoisotopic (exact) mass is 262 g/mol. The van der Waals surface area contributed by atoms with Crippen LogP contribution < -0.4 is 10.5 Å². The lowest BCUT2D eigenvalue weighted by Gasteiger charge is -2.09. The number of fused-ring (bicyclic) bond motifs is 1. The van der Waals surface area contributed by atoms with Crippen molar-refractivity contribution >= 4 is 28.5 Å². The van der Waals surface area contributed by atoms with E-state index in [9.17, 15) is 9.59 Å². The van der Waals surface area contributed by atoms with E-state index in [2.05, 4.69) is 4.98 Å². The number of rotatable bonds is 4. The van der Waals surface area contributed by atoms with Gasteiger partial charge in [-0.05, 0) is 12.1 Å². The quantitative estimate of drug-likeness (QED) is 0.701. The molecule has 19 heavy (non-hydrogen) atoms. The van der Waals surface area contributed by atoms with Crippen molar-refractivity contribution in [2.45, 2.75) is 0 Å². The summed E-state index contributed by atoms with van der Waals surface area (Å²) in [4.78, 5) is 25.4. The molecule has 0 aliphatic carbocycles. The minimum absolute atomic E-state index is 0.122. The van der Waals surface area contributed by atoms with E-state index < -0.39 is 18.5 Å². The van der Waals surface area contributed by atoms with Crippen LogP contribution in [0.4, 0.5) is 5.69 Å². The van der Waals surface area contributed by atoms with Crippen LogP contribution in [0.3, 0.4) is 0 Å². The van der Waals surface area contributed by atoms with Gasteiger partial charge >= 0.3 is 11.9 Å².